The minimum absolute atomic E-state index is 0.0394. The number of nitrogens with one attached hydrogen (secondary N) is 1. The number of hydrogen-bond acceptors (Lipinski definition) is 3. The number of carbonyl (C=O) groups is 1. The van der Waals surface area contributed by atoms with Gasteiger partial charge in [0.1, 0.15) is 5.75 Å². The second-order valence-corrected chi connectivity index (χ2v) is 6.34. The smallest absolute Gasteiger partial charge is 0.220 e. The molecule has 0 saturated heterocycles. The van der Waals surface area contributed by atoms with Crippen molar-refractivity contribution in [2.75, 3.05) is 12.3 Å². The fraction of sp³-hybridized carbons (Fsp3) is 0.350. The number of amides is 1. The minimum Gasteiger partial charge on any atom is -0.491 e. The van der Waals surface area contributed by atoms with Crippen LogP contribution in [0.4, 0.5) is 5.69 Å². The van der Waals surface area contributed by atoms with Gasteiger partial charge in [0.05, 0.1) is 12.3 Å². The zero-order chi connectivity index (χ0) is 17.4. The fourth-order valence-electron chi connectivity index (χ4n) is 2.28. The quantitative estimate of drug-likeness (QED) is 0.729. The molecular weight excluding hydrogens is 300 g/mol. The summed E-state index contributed by atoms with van der Waals surface area (Å²) in [6.07, 6.45) is 1.10. The Morgan fingerprint density at radius 3 is 2.54 bits per heavy atom. The highest BCUT2D eigenvalue weighted by Crippen LogP contribution is 2.23. The molecule has 0 atom stereocenters. The highest BCUT2D eigenvalue weighted by Gasteiger charge is 2.06. The molecule has 0 fully saturated rings. The number of nitrogens with two attached hydrogens (primary N) is 1. The molecule has 128 valence electrons. The molecule has 0 aliphatic rings. The molecule has 24 heavy (non-hydrogen) atoms. The van der Waals surface area contributed by atoms with Crippen LogP contribution >= 0.6 is 0 Å². The number of aryl methyl sites for hydroxylation is 1. The molecule has 0 aromatic heterocycles. The normalized spacial score (nSPS) is 10.6. The summed E-state index contributed by atoms with van der Waals surface area (Å²) in [5.74, 6) is 1.20. The summed E-state index contributed by atoms with van der Waals surface area (Å²) in [6, 6.07) is 15.6. The van der Waals surface area contributed by atoms with E-state index in [1.165, 1.54) is 0 Å². The lowest BCUT2D eigenvalue weighted by Gasteiger charge is -2.12. The van der Waals surface area contributed by atoms with E-state index in [-0.39, 0.29) is 5.91 Å². The van der Waals surface area contributed by atoms with Crippen LogP contribution in [0, 0.1) is 5.92 Å². The molecule has 0 aliphatic heterocycles. The van der Waals surface area contributed by atoms with Gasteiger partial charge < -0.3 is 15.8 Å². The summed E-state index contributed by atoms with van der Waals surface area (Å²) in [4.78, 5) is 12.0. The van der Waals surface area contributed by atoms with Gasteiger partial charge in [0.15, 0.2) is 0 Å². The molecule has 0 unspecified atom stereocenters. The highest BCUT2D eigenvalue weighted by atomic mass is 16.5. The van der Waals surface area contributed by atoms with Crippen molar-refractivity contribution >= 4 is 11.6 Å². The van der Waals surface area contributed by atoms with Crippen LogP contribution in [-0.2, 0) is 17.8 Å². The van der Waals surface area contributed by atoms with Crippen LogP contribution in [-0.4, -0.2) is 12.5 Å². The van der Waals surface area contributed by atoms with Crippen molar-refractivity contribution in [1.82, 2.24) is 5.32 Å². The molecule has 4 heteroatoms. The first-order valence-corrected chi connectivity index (χ1v) is 8.36. The maximum Gasteiger partial charge on any atom is 0.220 e. The van der Waals surface area contributed by atoms with Gasteiger partial charge in [-0.3, -0.25) is 4.79 Å². The number of carbonyl (C=O) groups excluding carboxylic acids is 1. The molecule has 3 N–H and O–H groups in total. The van der Waals surface area contributed by atoms with Crippen LogP contribution in [0.1, 0.15) is 31.4 Å². The molecule has 2 aromatic rings. The summed E-state index contributed by atoms with van der Waals surface area (Å²) >= 11 is 0. The lowest BCUT2D eigenvalue weighted by atomic mass is 10.1. The van der Waals surface area contributed by atoms with Crippen LogP contribution in [0.3, 0.4) is 0 Å². The van der Waals surface area contributed by atoms with Crippen LogP contribution in [0.15, 0.2) is 48.5 Å². The Balaban J connectivity index is 1.79. The van der Waals surface area contributed by atoms with Gasteiger partial charge in [-0.1, -0.05) is 50.2 Å². The van der Waals surface area contributed by atoms with E-state index in [1.54, 1.807) is 0 Å². The van der Waals surface area contributed by atoms with Crippen LogP contribution in [0.5, 0.6) is 5.75 Å². The van der Waals surface area contributed by atoms with Crippen LogP contribution in [0.2, 0.25) is 0 Å². The molecule has 0 aliphatic carbocycles. The maximum absolute atomic E-state index is 12.0. The SMILES string of the molecule is CC(C)COc1ccc(CCC(=O)NCc2ccccc2)cc1N. The third-order valence-corrected chi connectivity index (χ3v) is 3.62. The summed E-state index contributed by atoms with van der Waals surface area (Å²) in [7, 11) is 0. The maximum atomic E-state index is 12.0. The number of nitrogen functional groups attached to an aromatic ring is 1. The number of ether oxygens (including phenoxy) is 1. The molecule has 0 saturated carbocycles. The van der Waals surface area contributed by atoms with Crippen molar-refractivity contribution in [3.8, 4) is 5.75 Å². The van der Waals surface area contributed by atoms with E-state index in [4.69, 9.17) is 10.5 Å². The van der Waals surface area contributed by atoms with Gasteiger partial charge in [0, 0.05) is 13.0 Å². The Labute approximate surface area is 144 Å². The van der Waals surface area contributed by atoms with Crippen molar-refractivity contribution in [1.29, 1.82) is 0 Å². The minimum atomic E-state index is 0.0394. The van der Waals surface area contributed by atoms with E-state index in [9.17, 15) is 4.79 Å². The predicted molar refractivity (Wildman–Crippen MR) is 97.8 cm³/mol. The molecule has 2 aromatic carbocycles. The third-order valence-electron chi connectivity index (χ3n) is 3.62. The van der Waals surface area contributed by atoms with E-state index in [0.717, 1.165) is 11.1 Å². The second kappa shape index (κ2) is 8.96. The van der Waals surface area contributed by atoms with Crippen LogP contribution in [0.25, 0.3) is 0 Å². The zero-order valence-electron chi connectivity index (χ0n) is 14.4. The van der Waals surface area contributed by atoms with Gasteiger partial charge in [0.25, 0.3) is 0 Å². The predicted octanol–water partition coefficient (Wildman–Crippen LogP) is 3.55. The third kappa shape index (κ3) is 5.95. The molecule has 0 heterocycles. The van der Waals surface area contributed by atoms with Gasteiger partial charge >= 0.3 is 0 Å². The Hall–Kier alpha value is -2.49. The Morgan fingerprint density at radius 1 is 1.12 bits per heavy atom. The number of anilines is 1. The van der Waals surface area contributed by atoms with Crippen molar-refractivity contribution in [3.05, 3.63) is 59.7 Å². The average molecular weight is 326 g/mol. The van der Waals surface area contributed by atoms with Gasteiger partial charge in [-0.15, -0.1) is 0 Å². The summed E-state index contributed by atoms with van der Waals surface area (Å²) in [5.41, 5.74) is 8.79. The lowest BCUT2D eigenvalue weighted by Crippen LogP contribution is -2.22. The van der Waals surface area contributed by atoms with Gasteiger partial charge in [0.2, 0.25) is 5.91 Å². The summed E-state index contributed by atoms with van der Waals surface area (Å²) < 4.78 is 5.66. The van der Waals surface area contributed by atoms with Gasteiger partial charge in [-0.2, -0.15) is 0 Å². The zero-order valence-corrected chi connectivity index (χ0v) is 14.4. The largest absolute Gasteiger partial charge is 0.491 e. The van der Waals surface area contributed by atoms with E-state index in [1.807, 2.05) is 48.5 Å². The molecule has 0 radical (unpaired) electrons. The second-order valence-electron chi connectivity index (χ2n) is 6.34. The van der Waals surface area contributed by atoms with Gasteiger partial charge in [-0.05, 0) is 35.6 Å². The standard InChI is InChI=1S/C20H26N2O2/c1-15(2)14-24-19-10-8-16(12-18(19)21)9-11-20(23)22-13-17-6-4-3-5-7-17/h3-8,10,12,15H,9,11,13-14,21H2,1-2H3,(H,22,23). The summed E-state index contributed by atoms with van der Waals surface area (Å²) in [5, 5.41) is 2.93. The topological polar surface area (TPSA) is 64.3 Å². The summed E-state index contributed by atoms with van der Waals surface area (Å²) in [6.45, 7) is 5.40. The first kappa shape index (κ1) is 17.9. The fourth-order valence-corrected chi connectivity index (χ4v) is 2.28. The van der Waals surface area contributed by atoms with Crippen LogP contribution < -0.4 is 15.8 Å². The lowest BCUT2D eigenvalue weighted by molar-refractivity contribution is -0.121. The van der Waals surface area contributed by atoms with E-state index < -0.39 is 0 Å². The Bertz CT molecular complexity index is 654. The van der Waals surface area contributed by atoms with Crippen molar-refractivity contribution in [3.63, 3.8) is 0 Å². The molecule has 0 bridgehead atoms. The number of benzene rings is 2. The van der Waals surface area contributed by atoms with E-state index in [2.05, 4.69) is 19.2 Å². The average Bonchev–Trinajstić information content (AvgIpc) is 2.58. The monoisotopic (exact) mass is 326 g/mol. The van der Waals surface area contributed by atoms with Crippen molar-refractivity contribution in [2.45, 2.75) is 33.2 Å². The molecule has 4 nitrogen and oxygen atoms in total. The van der Waals surface area contributed by atoms with Gasteiger partial charge in [-0.25, -0.2) is 0 Å². The molecular formula is C20H26N2O2. The first-order valence-electron chi connectivity index (χ1n) is 8.36. The number of rotatable bonds is 8. The molecule has 0 spiro atoms. The molecule has 1 amide bonds. The van der Waals surface area contributed by atoms with E-state index in [0.29, 0.717) is 43.3 Å². The van der Waals surface area contributed by atoms with Crippen molar-refractivity contribution in [2.24, 2.45) is 5.92 Å². The first-order chi connectivity index (χ1) is 11.5. The Morgan fingerprint density at radius 2 is 1.88 bits per heavy atom. The number of hydrogen-bond donors (Lipinski definition) is 2. The highest BCUT2D eigenvalue weighted by molar-refractivity contribution is 5.76. The molecule has 2 rings (SSSR count). The van der Waals surface area contributed by atoms with Crippen molar-refractivity contribution < 1.29 is 9.53 Å². The Kier molecular flexibility index (Phi) is 6.67. The van der Waals surface area contributed by atoms with E-state index >= 15 is 0 Å².